The van der Waals surface area contributed by atoms with Crippen LogP contribution in [0.25, 0.3) is 77.0 Å². The van der Waals surface area contributed by atoms with Crippen LogP contribution in [0.4, 0.5) is 17.1 Å². The minimum absolute atomic E-state index is 0.00575. The Bertz CT molecular complexity index is 4200. The molecule has 0 saturated heterocycles. The van der Waals surface area contributed by atoms with Gasteiger partial charge in [-0.3, -0.25) is 4.40 Å². The number of hydrogen-bond donors (Lipinski definition) is 0. The highest BCUT2D eigenvalue weighted by Gasteiger charge is 2.46. The maximum absolute atomic E-state index is 5.37. The van der Waals surface area contributed by atoms with Crippen molar-refractivity contribution in [1.29, 1.82) is 0 Å². The molecule has 0 unspecified atom stereocenters. The normalized spacial score (nSPS) is 14.4. The van der Waals surface area contributed by atoms with Gasteiger partial charge in [-0.25, -0.2) is 4.98 Å². The van der Waals surface area contributed by atoms with E-state index in [1.807, 2.05) is 11.8 Å². The summed E-state index contributed by atoms with van der Waals surface area (Å²) in [5, 5.41) is 6.27. The molecule has 3 aliphatic rings. The van der Waals surface area contributed by atoms with Gasteiger partial charge in [0.2, 0.25) is 0 Å². The van der Waals surface area contributed by atoms with Crippen LogP contribution in [0.5, 0.6) is 0 Å². The molecule has 6 heteroatoms. The summed E-state index contributed by atoms with van der Waals surface area (Å²) in [7, 11) is 0. The Kier molecular flexibility index (Phi) is 8.50. The maximum atomic E-state index is 5.37. The molecule has 0 fully saturated rings. The van der Waals surface area contributed by atoms with Crippen molar-refractivity contribution in [2.45, 2.75) is 115 Å². The van der Waals surface area contributed by atoms with Gasteiger partial charge in [-0.05, 0) is 138 Å². The number of fused-ring (bicyclic) bond motifs is 17. The number of imidazole rings is 1. The Labute approximate surface area is 421 Å². The molecule has 0 saturated carbocycles. The molecule has 0 aliphatic carbocycles. The molecule has 0 amide bonds. The van der Waals surface area contributed by atoms with Crippen molar-refractivity contribution in [3.8, 4) is 16.8 Å². The van der Waals surface area contributed by atoms with Gasteiger partial charge in [0.15, 0.2) is 0 Å². The van der Waals surface area contributed by atoms with E-state index in [0.717, 1.165) is 27.6 Å². The van der Waals surface area contributed by atoms with Crippen molar-refractivity contribution in [2.75, 3.05) is 4.90 Å². The Morgan fingerprint density at radius 1 is 0.465 bits per heavy atom. The SMILES string of the molecule is CC(C)(C)c1ccc2c(c1)Sc1cc(C(C)(C)C)cc3c1N2c1cc(-c2cccc4c2c2ccccc2n2c5ccccc5nc42)cc2c1B3c1cc(C(C)(C)C)cc3c4cc(C(C)(C)C)ccc4n-2c13. The van der Waals surface area contributed by atoms with Gasteiger partial charge in [0.05, 0.1) is 33.4 Å². The fraction of sp³-hybridized carbons (Fsp3) is 0.246. The molecule has 0 spiro atoms. The second-order valence-corrected chi connectivity index (χ2v) is 26.0. The zero-order valence-corrected chi connectivity index (χ0v) is 43.9. The quantitative estimate of drug-likeness (QED) is 0.121. The standard InChI is InChI=1S/C65H59BN4S/c1-62(2,3)37-24-26-50-44(30-37)45-31-39(64(7,8)9)32-46-59(45)68(50)53-28-36(41-19-17-20-43-57(41)42-18-13-15-22-49(42)70-51-23-16-14-21-48(51)67-61(43)70)29-54-58(53)66(46)47-33-40(65(10,11)12)35-56-60(47)69(54)52-27-25-38(63(4,5)6)34-55(52)71-56/h13-35H,1-12H3. The maximum Gasteiger partial charge on any atom is 0.252 e. The number of para-hydroxylation sites is 3. The molecule has 14 rings (SSSR count). The first-order chi connectivity index (χ1) is 33.7. The van der Waals surface area contributed by atoms with Crippen molar-refractivity contribution < 1.29 is 0 Å². The molecule has 4 nitrogen and oxygen atoms in total. The predicted octanol–water partition coefficient (Wildman–Crippen LogP) is 15.8. The molecule has 3 aliphatic heterocycles. The van der Waals surface area contributed by atoms with Crippen molar-refractivity contribution in [3.63, 3.8) is 0 Å². The first kappa shape index (κ1) is 43.1. The van der Waals surface area contributed by atoms with Crippen LogP contribution in [-0.2, 0) is 21.7 Å². The van der Waals surface area contributed by atoms with Crippen molar-refractivity contribution >= 4 is 112 Å². The van der Waals surface area contributed by atoms with Gasteiger partial charge in [-0.15, -0.1) is 0 Å². The second-order valence-electron chi connectivity index (χ2n) is 24.9. The molecule has 3 aromatic heterocycles. The van der Waals surface area contributed by atoms with Gasteiger partial charge in [0, 0.05) is 53.6 Å². The third kappa shape index (κ3) is 5.98. The fourth-order valence-corrected chi connectivity index (χ4v) is 13.6. The van der Waals surface area contributed by atoms with E-state index >= 15 is 0 Å². The Balaban J connectivity index is 1.18. The minimum atomic E-state index is -0.0656. The summed E-state index contributed by atoms with van der Waals surface area (Å²) in [5.41, 5.74) is 23.9. The summed E-state index contributed by atoms with van der Waals surface area (Å²) in [6.45, 7) is 28.3. The zero-order valence-electron chi connectivity index (χ0n) is 43.1. The highest BCUT2D eigenvalue weighted by molar-refractivity contribution is 7.99. The average molecular weight is 939 g/mol. The van der Waals surface area contributed by atoms with Gasteiger partial charge >= 0.3 is 0 Å². The molecule has 0 bridgehead atoms. The predicted molar refractivity (Wildman–Crippen MR) is 306 cm³/mol. The fourth-order valence-electron chi connectivity index (χ4n) is 12.4. The number of nitrogens with zero attached hydrogens (tertiary/aromatic N) is 4. The van der Waals surface area contributed by atoms with E-state index in [-0.39, 0.29) is 28.4 Å². The smallest absolute Gasteiger partial charge is 0.252 e. The van der Waals surface area contributed by atoms with Crippen LogP contribution in [0, 0.1) is 0 Å². The topological polar surface area (TPSA) is 25.5 Å². The molecule has 0 atom stereocenters. The van der Waals surface area contributed by atoms with E-state index in [1.54, 1.807) is 0 Å². The lowest BCUT2D eigenvalue weighted by molar-refractivity contribution is 0.588. The Morgan fingerprint density at radius 3 is 1.85 bits per heavy atom. The molecule has 348 valence electrons. The molecular weight excluding hydrogens is 880 g/mol. The number of anilines is 3. The van der Waals surface area contributed by atoms with Gasteiger partial charge in [0.25, 0.3) is 6.71 Å². The van der Waals surface area contributed by atoms with E-state index in [0.29, 0.717) is 0 Å². The van der Waals surface area contributed by atoms with E-state index < -0.39 is 0 Å². The summed E-state index contributed by atoms with van der Waals surface area (Å²) < 4.78 is 5.04. The van der Waals surface area contributed by atoms with Crippen molar-refractivity contribution in [2.24, 2.45) is 0 Å². The van der Waals surface area contributed by atoms with Crippen molar-refractivity contribution in [1.82, 2.24) is 14.0 Å². The lowest BCUT2D eigenvalue weighted by Crippen LogP contribution is -2.61. The lowest BCUT2D eigenvalue weighted by Gasteiger charge is -2.45. The summed E-state index contributed by atoms with van der Waals surface area (Å²) in [4.78, 5) is 10.7. The molecule has 71 heavy (non-hydrogen) atoms. The first-order valence-corrected chi connectivity index (χ1v) is 26.4. The van der Waals surface area contributed by atoms with E-state index in [1.165, 1.54) is 115 Å². The Hall–Kier alpha value is -6.76. The van der Waals surface area contributed by atoms with Crippen LogP contribution in [0.2, 0.25) is 0 Å². The number of hydrogen-bond acceptors (Lipinski definition) is 3. The van der Waals surface area contributed by atoms with Gasteiger partial charge in [-0.2, -0.15) is 0 Å². The first-order valence-electron chi connectivity index (χ1n) is 25.6. The molecular formula is C65H59BN4S. The molecule has 0 N–H and O–H groups in total. The third-order valence-corrected chi connectivity index (χ3v) is 17.3. The summed E-state index contributed by atoms with van der Waals surface area (Å²) in [6.07, 6.45) is 0. The monoisotopic (exact) mass is 938 g/mol. The molecule has 11 aromatic rings. The zero-order chi connectivity index (χ0) is 49.0. The van der Waals surface area contributed by atoms with Crippen LogP contribution in [-0.4, -0.2) is 20.7 Å². The van der Waals surface area contributed by atoms with Gasteiger partial charge in [-0.1, -0.05) is 168 Å². The highest BCUT2D eigenvalue weighted by Crippen LogP contribution is 2.55. The number of rotatable bonds is 1. The third-order valence-electron chi connectivity index (χ3n) is 16.2. The van der Waals surface area contributed by atoms with Crippen molar-refractivity contribution in [3.05, 3.63) is 162 Å². The van der Waals surface area contributed by atoms with E-state index in [2.05, 4.69) is 236 Å². The van der Waals surface area contributed by atoms with Gasteiger partial charge < -0.3 is 9.47 Å². The minimum Gasteiger partial charge on any atom is -0.310 e. The largest absolute Gasteiger partial charge is 0.310 e. The molecule has 6 heterocycles. The van der Waals surface area contributed by atoms with Crippen LogP contribution in [0.1, 0.15) is 105 Å². The highest BCUT2D eigenvalue weighted by atomic mass is 32.2. The van der Waals surface area contributed by atoms with Crippen LogP contribution < -0.4 is 21.3 Å². The van der Waals surface area contributed by atoms with Crippen LogP contribution in [0.15, 0.2) is 149 Å². The molecule has 0 radical (unpaired) electrons. The summed E-state index contributed by atoms with van der Waals surface area (Å²) in [5.74, 6) is 0. The number of aromatic nitrogens is 3. The van der Waals surface area contributed by atoms with Crippen LogP contribution in [0.3, 0.4) is 0 Å². The average Bonchev–Trinajstić information content (AvgIpc) is 3.89. The Morgan fingerprint density at radius 2 is 1.08 bits per heavy atom. The van der Waals surface area contributed by atoms with E-state index in [9.17, 15) is 0 Å². The number of pyridine rings is 1. The van der Waals surface area contributed by atoms with E-state index in [4.69, 9.17) is 4.98 Å². The summed E-state index contributed by atoms with van der Waals surface area (Å²) >= 11 is 1.96. The van der Waals surface area contributed by atoms with Crippen LogP contribution >= 0.6 is 11.8 Å². The number of benzene rings is 8. The second kappa shape index (κ2) is 14.0. The van der Waals surface area contributed by atoms with Gasteiger partial charge in [0.1, 0.15) is 5.65 Å². The summed E-state index contributed by atoms with van der Waals surface area (Å²) in [6, 6.07) is 54.4. The lowest BCUT2D eigenvalue weighted by atomic mass is 9.33. The molecule has 8 aromatic carbocycles.